The molecule has 0 radical (unpaired) electrons. The van der Waals surface area contributed by atoms with Gasteiger partial charge in [0.15, 0.2) is 0 Å². The summed E-state index contributed by atoms with van der Waals surface area (Å²) < 4.78 is 0. The third-order valence-electron chi connectivity index (χ3n) is 7.15. The van der Waals surface area contributed by atoms with Crippen LogP contribution < -0.4 is 5.32 Å². The minimum atomic E-state index is 0.599. The van der Waals surface area contributed by atoms with E-state index in [0.29, 0.717) is 6.04 Å². The first kappa shape index (κ1) is 23.2. The highest BCUT2D eigenvalue weighted by atomic mass is 15.2. The van der Waals surface area contributed by atoms with E-state index in [9.17, 15) is 0 Å². The molecule has 5 heteroatoms. The summed E-state index contributed by atoms with van der Waals surface area (Å²) in [6.45, 7) is 19.9. The third-order valence-corrected chi connectivity index (χ3v) is 7.15. The number of hydrogen-bond donors (Lipinski definition) is 2. The Hall–Kier alpha value is -2.92. The first-order chi connectivity index (χ1) is 15.9. The second kappa shape index (κ2) is 9.92. The van der Waals surface area contributed by atoms with Gasteiger partial charge in [-0.1, -0.05) is 26.2 Å². The van der Waals surface area contributed by atoms with Crippen molar-refractivity contribution in [3.05, 3.63) is 65.7 Å². The van der Waals surface area contributed by atoms with E-state index in [0.717, 1.165) is 71.4 Å². The van der Waals surface area contributed by atoms with E-state index in [1.165, 1.54) is 24.0 Å². The standard InChI is InChI=1S/C28H37N5/c1-7-21(19(5)29-9-3)14-18(4)28-31-25-16-24(15-22(8-2)27(25)32-28)20(6)33-13-11-23-10-12-30-26(23)17-33/h7,9,14-16,23,26,30H,1,6,8,10-13,17H2,2-5H3,(H,31,32)/b18-14+,21-19+,29-9-/t23-,26?/m1/s1. The predicted octanol–water partition coefficient (Wildman–Crippen LogP) is 5.73. The van der Waals surface area contributed by atoms with Crippen molar-refractivity contribution in [1.29, 1.82) is 0 Å². The molecule has 2 aromatic rings. The van der Waals surface area contributed by atoms with Crippen LogP contribution >= 0.6 is 0 Å². The molecule has 4 rings (SSSR count). The van der Waals surface area contributed by atoms with Crippen molar-refractivity contribution in [2.24, 2.45) is 10.9 Å². The fourth-order valence-electron chi connectivity index (χ4n) is 5.16. The van der Waals surface area contributed by atoms with Gasteiger partial charge in [-0.2, -0.15) is 0 Å². The molecule has 2 aliphatic heterocycles. The van der Waals surface area contributed by atoms with Crippen LogP contribution in [0.2, 0.25) is 0 Å². The molecule has 1 unspecified atom stereocenters. The number of nitrogens with one attached hydrogen (secondary N) is 2. The Bertz CT molecular complexity index is 1150. The quantitative estimate of drug-likeness (QED) is 0.424. The van der Waals surface area contributed by atoms with Crippen molar-refractivity contribution in [1.82, 2.24) is 20.2 Å². The zero-order valence-corrected chi connectivity index (χ0v) is 20.5. The van der Waals surface area contributed by atoms with Crippen LogP contribution in [-0.2, 0) is 6.42 Å². The normalized spacial score (nSPS) is 22.1. The van der Waals surface area contributed by atoms with Gasteiger partial charge in [-0.15, -0.1) is 0 Å². The van der Waals surface area contributed by atoms with E-state index in [4.69, 9.17) is 4.98 Å². The van der Waals surface area contributed by atoms with E-state index in [1.807, 2.05) is 19.9 Å². The molecule has 3 heterocycles. The van der Waals surface area contributed by atoms with Crippen LogP contribution in [-0.4, -0.2) is 46.8 Å². The van der Waals surface area contributed by atoms with Gasteiger partial charge in [-0.05, 0) is 93.0 Å². The van der Waals surface area contributed by atoms with Crippen LogP contribution in [0.15, 0.2) is 53.7 Å². The van der Waals surface area contributed by atoms with Crippen molar-refractivity contribution in [3.63, 3.8) is 0 Å². The molecule has 2 aliphatic rings. The Labute approximate surface area is 198 Å². The van der Waals surface area contributed by atoms with E-state index in [2.05, 4.69) is 65.4 Å². The van der Waals surface area contributed by atoms with Crippen molar-refractivity contribution in [3.8, 4) is 0 Å². The number of allylic oxidation sites excluding steroid dienone is 5. The summed E-state index contributed by atoms with van der Waals surface area (Å²) >= 11 is 0. The Morgan fingerprint density at radius 2 is 2.12 bits per heavy atom. The molecule has 5 nitrogen and oxygen atoms in total. The van der Waals surface area contributed by atoms with Gasteiger partial charge in [0, 0.05) is 36.7 Å². The lowest BCUT2D eigenvalue weighted by Gasteiger charge is -2.37. The molecule has 0 saturated carbocycles. The van der Waals surface area contributed by atoms with Gasteiger partial charge >= 0.3 is 0 Å². The SMILES string of the molecule is C=CC(/C=C(\C)c1nc2cc(C(=C)N3CC[C@H]4CCNC4C3)cc(CC)c2[nH]1)=C(C)\N=C/C. The number of aromatic nitrogens is 2. The van der Waals surface area contributed by atoms with Crippen LogP contribution in [0.3, 0.4) is 0 Å². The number of piperidine rings is 1. The van der Waals surface area contributed by atoms with Crippen molar-refractivity contribution >= 4 is 28.5 Å². The number of rotatable bonds is 7. The van der Waals surface area contributed by atoms with Gasteiger partial charge < -0.3 is 15.2 Å². The third kappa shape index (κ3) is 4.74. The summed E-state index contributed by atoms with van der Waals surface area (Å²) in [7, 11) is 0. The monoisotopic (exact) mass is 443 g/mol. The first-order valence-electron chi connectivity index (χ1n) is 12.2. The maximum Gasteiger partial charge on any atom is 0.134 e. The first-order valence-corrected chi connectivity index (χ1v) is 12.2. The summed E-state index contributed by atoms with van der Waals surface area (Å²) in [6, 6.07) is 5.08. The van der Waals surface area contributed by atoms with Gasteiger partial charge in [0.2, 0.25) is 0 Å². The number of aryl methyl sites for hydroxylation is 1. The molecule has 1 aromatic carbocycles. The number of aliphatic imine (C=N–C) groups is 1. The zero-order valence-electron chi connectivity index (χ0n) is 20.5. The highest BCUT2D eigenvalue weighted by Gasteiger charge is 2.33. The van der Waals surface area contributed by atoms with E-state index in [-0.39, 0.29) is 0 Å². The number of imidazole rings is 1. The summed E-state index contributed by atoms with van der Waals surface area (Å²) in [6.07, 6.45) is 9.24. The average molecular weight is 444 g/mol. The van der Waals surface area contributed by atoms with Gasteiger partial charge in [-0.3, -0.25) is 4.99 Å². The van der Waals surface area contributed by atoms with E-state index >= 15 is 0 Å². The highest BCUT2D eigenvalue weighted by Crippen LogP contribution is 2.32. The smallest absolute Gasteiger partial charge is 0.134 e. The maximum atomic E-state index is 4.96. The number of H-pyrrole nitrogens is 1. The van der Waals surface area contributed by atoms with Crippen LogP contribution in [0.25, 0.3) is 22.3 Å². The van der Waals surface area contributed by atoms with Crippen molar-refractivity contribution in [2.75, 3.05) is 19.6 Å². The topological polar surface area (TPSA) is 56.3 Å². The number of hydrogen-bond acceptors (Lipinski definition) is 4. The Balaban J connectivity index is 1.65. The molecule has 174 valence electrons. The minimum Gasteiger partial charge on any atom is -0.370 e. The van der Waals surface area contributed by atoms with Crippen molar-refractivity contribution < 1.29 is 0 Å². The molecule has 2 N–H and O–H groups in total. The lowest BCUT2D eigenvalue weighted by Crippen LogP contribution is -2.45. The second-order valence-electron chi connectivity index (χ2n) is 9.22. The lowest BCUT2D eigenvalue weighted by molar-refractivity contribution is 0.231. The summed E-state index contributed by atoms with van der Waals surface area (Å²) in [5, 5.41) is 3.67. The van der Waals surface area contributed by atoms with Gasteiger partial charge in [0.1, 0.15) is 5.82 Å². The van der Waals surface area contributed by atoms with Crippen LogP contribution in [0.4, 0.5) is 0 Å². The van der Waals surface area contributed by atoms with Crippen LogP contribution in [0.5, 0.6) is 0 Å². The number of likely N-dealkylation sites (tertiary alicyclic amines) is 1. The van der Waals surface area contributed by atoms with E-state index < -0.39 is 0 Å². The summed E-state index contributed by atoms with van der Waals surface area (Å²) in [4.78, 5) is 15.4. The molecule has 2 fully saturated rings. The van der Waals surface area contributed by atoms with Crippen molar-refractivity contribution in [2.45, 2.75) is 53.0 Å². The number of nitrogens with zero attached hydrogens (tertiary/aromatic N) is 3. The molecule has 1 aromatic heterocycles. The molecule has 2 atom stereocenters. The Kier molecular flexibility index (Phi) is 6.99. The molecular formula is C28H37N5. The van der Waals surface area contributed by atoms with Gasteiger partial charge in [-0.25, -0.2) is 4.98 Å². The molecule has 33 heavy (non-hydrogen) atoms. The lowest BCUT2D eigenvalue weighted by atomic mass is 9.91. The predicted molar refractivity (Wildman–Crippen MR) is 141 cm³/mol. The molecular weight excluding hydrogens is 406 g/mol. The minimum absolute atomic E-state index is 0.599. The average Bonchev–Trinajstić information content (AvgIpc) is 3.47. The second-order valence-corrected chi connectivity index (χ2v) is 9.22. The number of benzene rings is 1. The molecule has 2 saturated heterocycles. The fraction of sp³-hybridized carbons (Fsp3) is 0.429. The fourth-order valence-corrected chi connectivity index (χ4v) is 5.16. The van der Waals surface area contributed by atoms with E-state index in [1.54, 1.807) is 6.21 Å². The molecule has 0 aliphatic carbocycles. The van der Waals surface area contributed by atoms with Crippen LogP contribution in [0.1, 0.15) is 57.5 Å². The number of fused-ring (bicyclic) bond motifs is 2. The largest absolute Gasteiger partial charge is 0.370 e. The van der Waals surface area contributed by atoms with Gasteiger partial charge in [0.05, 0.1) is 11.0 Å². The van der Waals surface area contributed by atoms with Crippen LogP contribution in [0, 0.1) is 5.92 Å². The summed E-state index contributed by atoms with van der Waals surface area (Å²) in [5.41, 5.74) is 8.67. The van der Waals surface area contributed by atoms with Gasteiger partial charge in [0.25, 0.3) is 0 Å². The number of aromatic amines is 1. The molecule has 0 amide bonds. The highest BCUT2D eigenvalue weighted by molar-refractivity contribution is 5.85. The Morgan fingerprint density at radius 3 is 2.85 bits per heavy atom. The zero-order chi connectivity index (χ0) is 23.5. The molecule has 0 spiro atoms. The summed E-state index contributed by atoms with van der Waals surface area (Å²) in [5.74, 6) is 1.71. The Morgan fingerprint density at radius 1 is 1.30 bits per heavy atom. The molecule has 0 bridgehead atoms. The maximum absolute atomic E-state index is 4.96.